The Hall–Kier alpha value is -16.3. The van der Waals surface area contributed by atoms with Crippen molar-refractivity contribution in [3.8, 4) is 100 Å². The van der Waals surface area contributed by atoms with Gasteiger partial charge >= 0.3 is 0 Å². The summed E-state index contributed by atoms with van der Waals surface area (Å²) in [6.07, 6.45) is 0. The molecule has 6 heteroatoms. The van der Waals surface area contributed by atoms with Gasteiger partial charge in [0.15, 0.2) is 0 Å². The van der Waals surface area contributed by atoms with E-state index in [1.807, 2.05) is 36.4 Å². The second-order valence-corrected chi connectivity index (χ2v) is 31.7. The van der Waals surface area contributed by atoms with Crippen LogP contribution in [0, 0.1) is 0 Å². The molecule has 0 spiro atoms. The molecule has 0 saturated heterocycles. The van der Waals surface area contributed by atoms with Crippen LogP contribution in [0.1, 0.15) is 0 Å². The molecular formula is C116H72N2O4. The van der Waals surface area contributed by atoms with Gasteiger partial charge in [-0.25, -0.2) is 0 Å². The predicted molar refractivity (Wildman–Crippen MR) is 509 cm³/mol. The van der Waals surface area contributed by atoms with Gasteiger partial charge in [0.1, 0.15) is 44.7 Å². The first kappa shape index (κ1) is 70.0. The van der Waals surface area contributed by atoms with Crippen molar-refractivity contribution in [3.05, 3.63) is 437 Å². The lowest BCUT2D eigenvalue weighted by molar-refractivity contribution is 0.668. The number of hydrogen-bond donors (Lipinski definition) is 0. The Morgan fingerprint density at radius 1 is 0.131 bits per heavy atom. The molecule has 570 valence electrons. The summed E-state index contributed by atoms with van der Waals surface area (Å²) in [6.45, 7) is 0. The second kappa shape index (κ2) is 28.8. The van der Waals surface area contributed by atoms with Crippen LogP contribution in [-0.4, -0.2) is 0 Å². The molecule has 122 heavy (non-hydrogen) atoms. The Morgan fingerprint density at radius 3 is 0.836 bits per heavy atom. The maximum Gasteiger partial charge on any atom is 0.136 e. The molecule has 0 atom stereocenters. The fourth-order valence-corrected chi connectivity index (χ4v) is 18.7. The van der Waals surface area contributed by atoms with Crippen LogP contribution in [0.5, 0.6) is 0 Å². The number of furan rings is 4. The Labute approximate surface area is 703 Å². The fraction of sp³-hybridized carbons (Fsp3) is 0. The van der Waals surface area contributed by atoms with E-state index in [9.17, 15) is 0 Å². The van der Waals surface area contributed by atoms with Crippen molar-refractivity contribution in [1.29, 1.82) is 0 Å². The number of hydrogen-bond acceptors (Lipinski definition) is 6. The van der Waals surface area contributed by atoms with E-state index in [1.165, 1.54) is 38.2 Å². The van der Waals surface area contributed by atoms with Crippen LogP contribution in [0.3, 0.4) is 0 Å². The molecule has 4 heterocycles. The molecule has 0 aliphatic rings. The van der Waals surface area contributed by atoms with Crippen molar-refractivity contribution in [2.24, 2.45) is 0 Å². The van der Waals surface area contributed by atoms with Gasteiger partial charge in [0.25, 0.3) is 0 Å². The molecule has 0 aliphatic carbocycles. The van der Waals surface area contributed by atoms with Crippen molar-refractivity contribution >= 4 is 143 Å². The Bertz CT molecular complexity index is 8240. The van der Waals surface area contributed by atoms with Crippen LogP contribution in [0.15, 0.2) is 454 Å². The number of benzene rings is 20. The highest BCUT2D eigenvalue weighted by atomic mass is 16.3. The minimum atomic E-state index is 0.838. The van der Waals surface area contributed by atoms with Crippen LogP contribution in [0.25, 0.3) is 209 Å². The Balaban J connectivity index is 0.523. The van der Waals surface area contributed by atoms with E-state index in [2.05, 4.69) is 410 Å². The summed E-state index contributed by atoms with van der Waals surface area (Å²) in [7, 11) is 0. The highest BCUT2D eigenvalue weighted by molar-refractivity contribution is 6.12. The third-order valence-electron chi connectivity index (χ3n) is 24.8. The number of nitrogens with zero attached hydrogens (tertiary/aromatic N) is 2. The molecule has 0 N–H and O–H groups in total. The van der Waals surface area contributed by atoms with Gasteiger partial charge in [0.2, 0.25) is 0 Å². The van der Waals surface area contributed by atoms with Crippen molar-refractivity contribution in [2.75, 3.05) is 9.80 Å². The van der Waals surface area contributed by atoms with E-state index in [-0.39, 0.29) is 0 Å². The maximum absolute atomic E-state index is 6.91. The third kappa shape index (κ3) is 12.1. The monoisotopic (exact) mass is 1560 g/mol. The van der Waals surface area contributed by atoms with Gasteiger partial charge in [0.05, 0.1) is 11.4 Å². The van der Waals surface area contributed by atoms with E-state index in [0.717, 1.165) is 205 Å². The minimum absolute atomic E-state index is 0.838. The summed E-state index contributed by atoms with van der Waals surface area (Å²) in [5.41, 5.74) is 33.3. The highest BCUT2D eigenvalue weighted by Crippen LogP contribution is 2.49. The summed E-state index contributed by atoms with van der Waals surface area (Å²) < 4.78 is 26.3. The van der Waals surface area contributed by atoms with E-state index >= 15 is 0 Å². The molecule has 20 aromatic carbocycles. The minimum Gasteiger partial charge on any atom is -0.456 e. The first-order valence-corrected chi connectivity index (χ1v) is 41.5. The van der Waals surface area contributed by atoms with Crippen LogP contribution < -0.4 is 9.80 Å². The highest BCUT2D eigenvalue weighted by Gasteiger charge is 2.24. The van der Waals surface area contributed by atoms with E-state index < -0.39 is 0 Å². The van der Waals surface area contributed by atoms with E-state index in [0.29, 0.717) is 0 Å². The van der Waals surface area contributed by atoms with Crippen molar-refractivity contribution in [3.63, 3.8) is 0 Å². The summed E-state index contributed by atoms with van der Waals surface area (Å²) >= 11 is 0. The molecule has 0 unspecified atom stereocenters. The molecule has 4 aromatic heterocycles. The van der Waals surface area contributed by atoms with Gasteiger partial charge in [-0.3, -0.25) is 0 Å². The normalized spacial score (nSPS) is 11.8. The summed E-state index contributed by atoms with van der Waals surface area (Å²) in [4.78, 5) is 4.76. The van der Waals surface area contributed by atoms with Gasteiger partial charge in [-0.1, -0.05) is 297 Å². The zero-order valence-electron chi connectivity index (χ0n) is 66.1. The van der Waals surface area contributed by atoms with Gasteiger partial charge in [-0.15, -0.1) is 0 Å². The molecule has 0 bridgehead atoms. The lowest BCUT2D eigenvalue weighted by Crippen LogP contribution is -2.11. The molecular weight excluding hydrogens is 1490 g/mol. The Morgan fingerprint density at radius 2 is 0.393 bits per heavy atom. The molecule has 0 aliphatic heterocycles. The van der Waals surface area contributed by atoms with Gasteiger partial charge in [-0.05, 0) is 250 Å². The molecule has 24 rings (SSSR count). The fourth-order valence-electron chi connectivity index (χ4n) is 18.7. The molecule has 0 fully saturated rings. The van der Waals surface area contributed by atoms with Crippen molar-refractivity contribution in [1.82, 2.24) is 0 Å². The van der Waals surface area contributed by atoms with Crippen LogP contribution >= 0.6 is 0 Å². The summed E-state index contributed by atoms with van der Waals surface area (Å²) in [6, 6.07) is 157. The SMILES string of the molecule is c1cc(-c2ccc(-c3ccc(-c4ccc5c(c4)oc4cc(-c6ccc(N(c7ccc(-c8ccc(-c9cccc%10ccccc9%10)cc8)cc7)c7ccccc7-c7ccc8c(c7)oc7ccccc78)cc6)ccc45)c4ccccc34)cc2)cc(N(c2ccc(-c3ccc4c(c3)oc3ccccc34)cc2)c2ccccc2-c2ccc3c(c2)oc2ccccc23)c1. The second-order valence-electron chi connectivity index (χ2n) is 31.7. The topological polar surface area (TPSA) is 59.0 Å². The zero-order valence-corrected chi connectivity index (χ0v) is 66.1. The van der Waals surface area contributed by atoms with E-state index in [1.54, 1.807) is 0 Å². The van der Waals surface area contributed by atoms with Crippen LogP contribution in [0.4, 0.5) is 34.1 Å². The third-order valence-corrected chi connectivity index (χ3v) is 24.8. The number of fused-ring (bicyclic) bond motifs is 14. The number of anilines is 6. The van der Waals surface area contributed by atoms with Crippen LogP contribution in [0.2, 0.25) is 0 Å². The van der Waals surface area contributed by atoms with Crippen molar-refractivity contribution in [2.45, 2.75) is 0 Å². The Kier molecular flexibility index (Phi) is 16.5. The quantitative estimate of drug-likeness (QED) is 0.102. The van der Waals surface area contributed by atoms with Gasteiger partial charge in [-0.2, -0.15) is 0 Å². The molecule has 24 aromatic rings. The van der Waals surface area contributed by atoms with Crippen LogP contribution in [-0.2, 0) is 0 Å². The smallest absolute Gasteiger partial charge is 0.136 e. The van der Waals surface area contributed by atoms with Gasteiger partial charge < -0.3 is 27.5 Å². The lowest BCUT2D eigenvalue weighted by Gasteiger charge is -2.28. The predicted octanol–water partition coefficient (Wildman–Crippen LogP) is 33.5. The zero-order chi connectivity index (χ0) is 80.3. The standard InChI is InChI=1S/C116H72N2O4/c1-2-21-91-78(17-1)18-16-29-92(91)79-39-35-73(36-40-79)74-43-54-87(55-44-74)117(107-30-10-5-22-95(107)85-52-63-103-100-27-8-13-33-110(100)120-114(103)71-85)88-56-45-76(46-57-88)83-50-61-105-106-62-51-84(70-116(106)122-113(105)69-83)94-66-65-93(97-24-3-4-25-98(94)97)80-41-37-75(38-42-80)81-19-15-20-90(67-81)118(89-58-47-77(48-59-89)82-49-60-102-99-26-7-12-32-109(99)119-112(102)68-82)108-31-11-6-23-96(108)86-53-64-104-101-28-9-14-34-111(101)121-115(104)72-86/h1-72H. The summed E-state index contributed by atoms with van der Waals surface area (Å²) in [5, 5.41) is 13.6. The van der Waals surface area contributed by atoms with Gasteiger partial charge in [0, 0.05) is 77.0 Å². The molecule has 6 nitrogen and oxygen atoms in total. The summed E-state index contributed by atoms with van der Waals surface area (Å²) in [5.74, 6) is 0. The first-order chi connectivity index (χ1) is 60.4. The number of para-hydroxylation sites is 5. The maximum atomic E-state index is 6.91. The van der Waals surface area contributed by atoms with Crippen molar-refractivity contribution < 1.29 is 17.7 Å². The van der Waals surface area contributed by atoms with E-state index in [4.69, 9.17) is 17.7 Å². The average molecular weight is 1560 g/mol. The molecule has 0 amide bonds. The molecule has 0 radical (unpaired) electrons. The molecule has 0 saturated carbocycles. The lowest BCUT2D eigenvalue weighted by atomic mass is 9.91. The average Bonchev–Trinajstić information content (AvgIpc) is 1.48. The first-order valence-electron chi connectivity index (χ1n) is 41.5. The largest absolute Gasteiger partial charge is 0.456 e. The number of rotatable bonds is 15.